The number of hydrogen-bond donors (Lipinski definition) is 0. The number of carbonyl (C=O) groups excluding carboxylic acids is 7. The van der Waals surface area contributed by atoms with E-state index in [2.05, 4.69) is 6.58 Å². The summed E-state index contributed by atoms with van der Waals surface area (Å²) in [5.74, 6) is -5.26. The first-order valence-electron chi connectivity index (χ1n) is 22.6. The second-order valence-corrected chi connectivity index (χ2v) is 20.4. The van der Waals surface area contributed by atoms with Crippen molar-refractivity contribution < 1.29 is 57.2 Å². The molecule has 1 saturated heterocycles. The van der Waals surface area contributed by atoms with Crippen molar-refractivity contribution in [3.8, 4) is 11.5 Å². The topological polar surface area (TPSA) is 172 Å². The maximum Gasteiger partial charge on any atom is 0.347 e. The van der Waals surface area contributed by atoms with Gasteiger partial charge in [-0.05, 0) is 44.2 Å². The highest BCUT2D eigenvalue weighted by Gasteiger charge is 2.47. The Balaban J connectivity index is 1.50. The lowest BCUT2D eigenvalue weighted by Crippen LogP contribution is -2.39. The molecule has 0 bridgehead atoms. The molecule has 3 aromatic rings. The summed E-state index contributed by atoms with van der Waals surface area (Å²) in [5.41, 5.74) is 1.19. The van der Waals surface area contributed by atoms with E-state index in [4.69, 9.17) is 23.7 Å². The van der Waals surface area contributed by atoms with E-state index in [-0.39, 0.29) is 69.4 Å². The van der Waals surface area contributed by atoms with Crippen molar-refractivity contribution in [2.75, 3.05) is 19.8 Å². The number of nitrogens with zero attached hydrogens (tertiary/aromatic N) is 2. The van der Waals surface area contributed by atoms with Gasteiger partial charge in [0.05, 0.1) is 53.7 Å². The number of hydrogen-bond acceptors (Lipinski definition) is 16. The monoisotopic (exact) mass is 1000 g/mol. The minimum Gasteiger partial charge on any atom is -0.462 e. The molecule has 1 fully saturated rings. The fraction of sp³-hybridized carbons (Fsp3) is 0.380. The Morgan fingerprint density at radius 2 is 1.13 bits per heavy atom. The van der Waals surface area contributed by atoms with Gasteiger partial charge in [-0.25, -0.2) is 24.4 Å². The van der Waals surface area contributed by atoms with Crippen molar-refractivity contribution in [2.45, 2.75) is 119 Å². The van der Waals surface area contributed by atoms with Crippen LogP contribution in [0.15, 0.2) is 112 Å². The SMILES string of the molecule is C=C(C)C(=O)OCCOC(=O)/C(C(=O)OCC)=C1/Sc2c(OC(=O)CCCCC)c3c(c(OC(=O)C(CC)CCCC)c2S1)SC(=C1C(=O)N(Cc2ccccc2)N(Cc2ccccc2)C1=O)S3. The predicted molar refractivity (Wildman–Crippen MR) is 260 cm³/mol. The zero-order chi connectivity index (χ0) is 48.9. The molecule has 0 radical (unpaired) electrons. The molecule has 3 aromatic carbocycles. The molecule has 68 heavy (non-hydrogen) atoms. The fourth-order valence-electron chi connectivity index (χ4n) is 7.09. The largest absolute Gasteiger partial charge is 0.462 e. The van der Waals surface area contributed by atoms with E-state index in [1.807, 2.05) is 81.4 Å². The quantitative estimate of drug-likeness (QED) is 0.0177. The van der Waals surface area contributed by atoms with E-state index in [1.165, 1.54) is 16.9 Å². The van der Waals surface area contributed by atoms with Crippen LogP contribution in [0.2, 0.25) is 0 Å². The molecule has 3 aliphatic heterocycles. The summed E-state index contributed by atoms with van der Waals surface area (Å²) >= 11 is 3.96. The first kappa shape index (κ1) is 52.0. The number of unbranched alkanes of at least 4 members (excludes halogenated alkanes) is 3. The number of esters is 5. The van der Waals surface area contributed by atoms with Crippen LogP contribution in [-0.4, -0.2) is 71.5 Å². The lowest BCUT2D eigenvalue weighted by atomic mass is 10.00. The maximum absolute atomic E-state index is 14.7. The second kappa shape index (κ2) is 24.7. The average Bonchev–Trinajstić information content (AvgIpc) is 4.02. The third-order valence-corrected chi connectivity index (χ3v) is 15.9. The van der Waals surface area contributed by atoms with E-state index in [0.29, 0.717) is 33.3 Å². The van der Waals surface area contributed by atoms with Gasteiger partial charge in [0.25, 0.3) is 11.8 Å². The molecule has 6 rings (SSSR count). The summed E-state index contributed by atoms with van der Waals surface area (Å²) in [5, 5.41) is 2.85. The number of thioether (sulfide) groups is 4. The predicted octanol–water partition coefficient (Wildman–Crippen LogP) is 10.3. The molecule has 0 aliphatic carbocycles. The lowest BCUT2D eigenvalue weighted by Gasteiger charge is -2.27. The first-order chi connectivity index (χ1) is 32.8. The van der Waals surface area contributed by atoms with Gasteiger partial charge in [0.1, 0.15) is 18.8 Å². The van der Waals surface area contributed by atoms with Crippen molar-refractivity contribution in [1.82, 2.24) is 10.0 Å². The van der Waals surface area contributed by atoms with E-state index < -0.39 is 59.8 Å². The van der Waals surface area contributed by atoms with Crippen LogP contribution in [0.3, 0.4) is 0 Å². The van der Waals surface area contributed by atoms with Crippen LogP contribution >= 0.6 is 47.0 Å². The molecule has 0 N–H and O–H groups in total. The molecule has 0 spiro atoms. The smallest absolute Gasteiger partial charge is 0.347 e. The Morgan fingerprint density at radius 1 is 0.632 bits per heavy atom. The van der Waals surface area contributed by atoms with Crippen molar-refractivity contribution in [3.63, 3.8) is 0 Å². The number of fused-ring (bicyclic) bond motifs is 2. The minimum absolute atomic E-state index is 0.0541. The molecule has 0 saturated carbocycles. The number of ether oxygens (including phenoxy) is 5. The van der Waals surface area contributed by atoms with Gasteiger partial charge in [-0.2, -0.15) is 0 Å². The van der Waals surface area contributed by atoms with E-state index in [0.717, 1.165) is 83.9 Å². The zero-order valence-corrected chi connectivity index (χ0v) is 41.9. The number of rotatable bonds is 22. The molecule has 18 heteroatoms. The summed E-state index contributed by atoms with van der Waals surface area (Å²) in [6.07, 6.45) is 4.92. The van der Waals surface area contributed by atoms with Crippen LogP contribution in [0.25, 0.3) is 0 Å². The molecule has 2 amide bonds. The van der Waals surface area contributed by atoms with Crippen molar-refractivity contribution in [3.05, 3.63) is 104 Å². The van der Waals surface area contributed by atoms with Crippen LogP contribution in [0, 0.1) is 5.92 Å². The van der Waals surface area contributed by atoms with Crippen molar-refractivity contribution in [1.29, 1.82) is 0 Å². The highest BCUT2D eigenvalue weighted by molar-refractivity contribution is 8.26. The van der Waals surface area contributed by atoms with Gasteiger partial charge >= 0.3 is 29.8 Å². The Bertz CT molecular complexity index is 2450. The highest BCUT2D eigenvalue weighted by atomic mass is 32.2. The van der Waals surface area contributed by atoms with Crippen molar-refractivity contribution in [2.24, 2.45) is 5.92 Å². The summed E-state index contributed by atoms with van der Waals surface area (Å²) in [6.45, 7) is 12.0. The molecule has 3 aliphatic rings. The lowest BCUT2D eigenvalue weighted by molar-refractivity contribution is -0.151. The van der Waals surface area contributed by atoms with Gasteiger partial charge in [0, 0.05) is 12.0 Å². The van der Waals surface area contributed by atoms with Crippen LogP contribution in [0.1, 0.15) is 97.1 Å². The molecule has 14 nitrogen and oxygen atoms in total. The Hall–Kier alpha value is -5.43. The van der Waals surface area contributed by atoms with Gasteiger partial charge in [-0.3, -0.25) is 19.2 Å². The molecular weight excluding hydrogens is 949 g/mol. The second-order valence-electron chi connectivity index (χ2n) is 15.8. The molecule has 0 aromatic heterocycles. The summed E-state index contributed by atoms with van der Waals surface area (Å²) < 4.78 is 28.8. The number of amides is 2. The van der Waals surface area contributed by atoms with Crippen molar-refractivity contribution >= 4 is 88.7 Å². The third-order valence-electron chi connectivity index (χ3n) is 10.7. The average molecular weight is 1000 g/mol. The van der Waals surface area contributed by atoms with Gasteiger partial charge < -0.3 is 23.7 Å². The van der Waals surface area contributed by atoms with Crippen LogP contribution in [0.5, 0.6) is 11.5 Å². The molecule has 360 valence electrons. The number of hydrazine groups is 1. The Kier molecular flexibility index (Phi) is 18.9. The van der Waals surface area contributed by atoms with Gasteiger partial charge in [-0.15, -0.1) is 0 Å². The van der Waals surface area contributed by atoms with Crippen LogP contribution in [-0.2, 0) is 60.9 Å². The van der Waals surface area contributed by atoms with E-state index >= 15 is 0 Å². The fourth-order valence-corrected chi connectivity index (χ4v) is 12.6. The normalized spacial score (nSPS) is 15.2. The zero-order valence-electron chi connectivity index (χ0n) is 38.7. The van der Waals surface area contributed by atoms with Crippen LogP contribution < -0.4 is 9.47 Å². The molecule has 1 unspecified atom stereocenters. The van der Waals surface area contributed by atoms with E-state index in [9.17, 15) is 33.6 Å². The molecular formula is C50H54N2O12S4. The molecule has 1 atom stereocenters. The third kappa shape index (κ3) is 12.4. The van der Waals surface area contributed by atoms with Gasteiger partial charge in [0.2, 0.25) is 0 Å². The number of benzene rings is 3. The van der Waals surface area contributed by atoms with Crippen LogP contribution in [0.4, 0.5) is 0 Å². The minimum atomic E-state index is -1.07. The van der Waals surface area contributed by atoms with Gasteiger partial charge in [0.15, 0.2) is 17.1 Å². The maximum atomic E-state index is 14.7. The first-order valence-corrected chi connectivity index (χ1v) is 25.8. The number of carbonyl (C=O) groups is 7. The summed E-state index contributed by atoms with van der Waals surface area (Å²) in [7, 11) is 0. The summed E-state index contributed by atoms with van der Waals surface area (Å²) in [4.78, 5) is 97.9. The standard InChI is InChI=1S/C50H54N2O12S4/c1-7-11-15-25-34(53)63-37-39-41(66-49(65-39)35-43(54)51(28-31-20-16-13-17-21-31)52(44(35)55)29-32-22-18-14-19-23-32)38(64-46(57)33(9-3)24-12-8-2)42-40(37)67-50(68-42)36(47(58)60-10-4)48(59)62-27-26-61-45(56)30(5)6/h13-14,16-23,33H,5,7-12,15,24-29H2,1-4,6H3/b50-36-. The Labute approximate surface area is 413 Å². The highest BCUT2D eigenvalue weighted by Crippen LogP contribution is 2.69. The Morgan fingerprint density at radius 3 is 1.63 bits per heavy atom. The van der Waals surface area contributed by atoms with E-state index in [1.54, 1.807) is 6.92 Å². The molecule has 3 heterocycles. The van der Waals surface area contributed by atoms with Gasteiger partial charge in [-0.1, -0.05) is 161 Å². The summed E-state index contributed by atoms with van der Waals surface area (Å²) in [6, 6.07) is 18.7.